The molecular weight excluding hydrogens is 359 g/mol. The summed E-state index contributed by atoms with van der Waals surface area (Å²) in [6.07, 6.45) is 0. The Kier molecular flexibility index (Phi) is 5.74. The normalized spacial score (nSPS) is 15.1. The summed E-state index contributed by atoms with van der Waals surface area (Å²) in [4.78, 5) is 19.1. The zero-order valence-corrected chi connectivity index (χ0v) is 15.6. The number of hydrogen-bond donors (Lipinski definition) is 2. The van der Waals surface area contributed by atoms with Gasteiger partial charge in [-0.1, -0.05) is 13.0 Å². The van der Waals surface area contributed by atoms with Gasteiger partial charge in [0.25, 0.3) is 5.56 Å². The van der Waals surface area contributed by atoms with E-state index in [9.17, 15) is 19.7 Å². The summed E-state index contributed by atoms with van der Waals surface area (Å²) >= 11 is 0. The van der Waals surface area contributed by atoms with Gasteiger partial charge in [0.1, 0.15) is 34.9 Å². The highest BCUT2D eigenvalue weighted by atomic mass is 19.1. The van der Waals surface area contributed by atoms with Crippen molar-refractivity contribution >= 4 is 5.82 Å². The van der Waals surface area contributed by atoms with Crippen LogP contribution in [-0.4, -0.2) is 47.5 Å². The standard InChI is InChI=1S/C20H21FN6O/c1-2-26-5-7-27(8-6-26)12-13-9-14(21)3-4-15(13)18-16(10-22)19(24)25-20(28)17(18)11-23/h3-4,9H,2,5-8,12H2,1H3,(H3,24,25,28). The Hall–Kier alpha value is -3.20. The summed E-state index contributed by atoms with van der Waals surface area (Å²) in [6, 6.07) is 7.97. The van der Waals surface area contributed by atoms with Gasteiger partial charge in [-0.2, -0.15) is 10.5 Å². The summed E-state index contributed by atoms with van der Waals surface area (Å²) < 4.78 is 14.0. The van der Waals surface area contributed by atoms with E-state index in [1.165, 1.54) is 18.2 Å². The fourth-order valence-corrected chi connectivity index (χ4v) is 3.55. The first kappa shape index (κ1) is 19.6. The second kappa shape index (κ2) is 8.22. The average Bonchev–Trinajstić information content (AvgIpc) is 2.68. The van der Waals surface area contributed by atoms with Crippen molar-refractivity contribution < 1.29 is 4.39 Å². The number of nitrogen functional groups attached to an aromatic ring is 1. The fraction of sp³-hybridized carbons (Fsp3) is 0.350. The van der Waals surface area contributed by atoms with Crippen LogP contribution in [0.15, 0.2) is 23.0 Å². The van der Waals surface area contributed by atoms with Crippen LogP contribution in [0.5, 0.6) is 0 Å². The van der Waals surface area contributed by atoms with Crippen LogP contribution in [0.2, 0.25) is 0 Å². The molecule has 2 aromatic rings. The number of likely N-dealkylation sites (N-methyl/N-ethyl adjacent to an activating group) is 1. The first-order chi connectivity index (χ1) is 13.5. The molecule has 0 amide bonds. The average molecular weight is 380 g/mol. The highest BCUT2D eigenvalue weighted by Gasteiger charge is 2.23. The first-order valence-corrected chi connectivity index (χ1v) is 9.08. The largest absolute Gasteiger partial charge is 0.384 e. The maximum Gasteiger partial charge on any atom is 0.268 e. The Morgan fingerprint density at radius 2 is 1.79 bits per heavy atom. The topological polar surface area (TPSA) is 113 Å². The number of nitriles is 2. The third-order valence-electron chi connectivity index (χ3n) is 5.11. The molecule has 1 aliphatic heterocycles. The molecule has 1 aromatic heterocycles. The lowest BCUT2D eigenvalue weighted by Gasteiger charge is -2.34. The molecule has 1 fully saturated rings. The molecular formula is C20H21FN6O. The van der Waals surface area contributed by atoms with E-state index in [2.05, 4.69) is 21.7 Å². The number of hydrogen-bond acceptors (Lipinski definition) is 6. The van der Waals surface area contributed by atoms with Crippen LogP contribution in [0.25, 0.3) is 11.1 Å². The van der Waals surface area contributed by atoms with E-state index in [0.29, 0.717) is 17.7 Å². The summed E-state index contributed by atoms with van der Waals surface area (Å²) in [6.45, 7) is 7.06. The molecule has 28 heavy (non-hydrogen) atoms. The number of benzene rings is 1. The van der Waals surface area contributed by atoms with Crippen LogP contribution < -0.4 is 11.3 Å². The van der Waals surface area contributed by atoms with Gasteiger partial charge in [-0.3, -0.25) is 9.69 Å². The second-order valence-corrected chi connectivity index (χ2v) is 6.73. The van der Waals surface area contributed by atoms with Gasteiger partial charge < -0.3 is 15.6 Å². The van der Waals surface area contributed by atoms with Crippen LogP contribution >= 0.6 is 0 Å². The summed E-state index contributed by atoms with van der Waals surface area (Å²) in [7, 11) is 0. The van der Waals surface area contributed by atoms with Crippen LogP contribution in [0.4, 0.5) is 10.2 Å². The highest BCUT2D eigenvalue weighted by molar-refractivity contribution is 5.81. The molecule has 0 bridgehead atoms. The van der Waals surface area contributed by atoms with E-state index < -0.39 is 11.4 Å². The number of nitrogens with zero attached hydrogens (tertiary/aromatic N) is 4. The first-order valence-electron chi connectivity index (χ1n) is 9.08. The number of pyridine rings is 1. The monoisotopic (exact) mass is 380 g/mol. The molecule has 0 saturated carbocycles. The van der Waals surface area contributed by atoms with Gasteiger partial charge in [0.2, 0.25) is 0 Å². The van der Waals surface area contributed by atoms with Crippen molar-refractivity contribution in [1.29, 1.82) is 10.5 Å². The van der Waals surface area contributed by atoms with Gasteiger partial charge in [-0.15, -0.1) is 0 Å². The van der Waals surface area contributed by atoms with E-state index in [1.54, 1.807) is 0 Å². The van der Waals surface area contributed by atoms with E-state index in [1.807, 2.05) is 12.1 Å². The van der Waals surface area contributed by atoms with Crippen LogP contribution in [-0.2, 0) is 6.54 Å². The molecule has 8 heteroatoms. The molecule has 1 saturated heterocycles. The van der Waals surface area contributed by atoms with Crippen molar-refractivity contribution in [3.63, 3.8) is 0 Å². The van der Waals surface area contributed by atoms with Crippen LogP contribution in [0.3, 0.4) is 0 Å². The Morgan fingerprint density at radius 3 is 2.39 bits per heavy atom. The van der Waals surface area contributed by atoms with Gasteiger partial charge in [0, 0.05) is 38.3 Å². The molecule has 1 aliphatic rings. The van der Waals surface area contributed by atoms with Crippen molar-refractivity contribution in [1.82, 2.24) is 14.8 Å². The number of aromatic amines is 1. The number of nitrogens with two attached hydrogens (primary N) is 1. The number of nitrogens with one attached hydrogen (secondary N) is 1. The molecule has 144 valence electrons. The Balaban J connectivity index is 2.09. The molecule has 7 nitrogen and oxygen atoms in total. The predicted octanol–water partition coefficient (Wildman–Crippen LogP) is 1.64. The number of anilines is 1. The minimum Gasteiger partial charge on any atom is -0.384 e. The maximum atomic E-state index is 14.0. The quantitative estimate of drug-likeness (QED) is 0.834. The summed E-state index contributed by atoms with van der Waals surface area (Å²) in [5.41, 5.74) is 6.21. The molecule has 1 aromatic carbocycles. The van der Waals surface area contributed by atoms with Gasteiger partial charge in [-0.25, -0.2) is 4.39 Å². The van der Waals surface area contributed by atoms with E-state index in [0.717, 1.165) is 32.7 Å². The summed E-state index contributed by atoms with van der Waals surface area (Å²) in [5, 5.41) is 19.0. The molecule has 0 spiro atoms. The molecule has 0 aliphatic carbocycles. The predicted molar refractivity (Wildman–Crippen MR) is 104 cm³/mol. The van der Waals surface area contributed by atoms with Crippen LogP contribution in [0, 0.1) is 28.5 Å². The summed E-state index contributed by atoms with van der Waals surface area (Å²) in [5.74, 6) is -0.519. The number of rotatable bonds is 4. The number of H-pyrrole nitrogens is 1. The van der Waals surface area contributed by atoms with Crippen molar-refractivity contribution in [3.8, 4) is 23.3 Å². The second-order valence-electron chi connectivity index (χ2n) is 6.73. The van der Waals surface area contributed by atoms with E-state index in [-0.39, 0.29) is 22.5 Å². The Morgan fingerprint density at radius 1 is 1.14 bits per heavy atom. The minimum atomic E-state index is -0.666. The lowest BCUT2D eigenvalue weighted by atomic mass is 9.92. The fourth-order valence-electron chi connectivity index (χ4n) is 3.55. The smallest absolute Gasteiger partial charge is 0.268 e. The third-order valence-corrected chi connectivity index (χ3v) is 5.11. The van der Waals surface area contributed by atoms with Gasteiger partial charge in [-0.05, 0) is 29.8 Å². The minimum absolute atomic E-state index is 0.0137. The van der Waals surface area contributed by atoms with Gasteiger partial charge in [0.05, 0.1) is 0 Å². The van der Waals surface area contributed by atoms with E-state index in [4.69, 9.17) is 5.73 Å². The van der Waals surface area contributed by atoms with Crippen molar-refractivity contribution in [2.24, 2.45) is 0 Å². The molecule has 3 rings (SSSR count). The highest BCUT2D eigenvalue weighted by Crippen LogP contribution is 2.32. The maximum absolute atomic E-state index is 14.0. The number of halogens is 1. The molecule has 0 radical (unpaired) electrons. The molecule has 2 heterocycles. The zero-order chi connectivity index (χ0) is 20.3. The molecule has 0 unspecified atom stereocenters. The Labute approximate surface area is 162 Å². The number of aromatic nitrogens is 1. The van der Waals surface area contributed by atoms with Crippen molar-refractivity contribution in [3.05, 3.63) is 51.1 Å². The SMILES string of the molecule is CCN1CCN(Cc2cc(F)ccc2-c2c(C#N)c(N)[nH]c(=O)c2C#N)CC1. The third kappa shape index (κ3) is 3.74. The Bertz CT molecular complexity index is 1020. The van der Waals surface area contributed by atoms with Gasteiger partial charge in [0.15, 0.2) is 0 Å². The zero-order valence-electron chi connectivity index (χ0n) is 15.6. The van der Waals surface area contributed by atoms with Crippen molar-refractivity contribution in [2.75, 3.05) is 38.5 Å². The lowest BCUT2D eigenvalue weighted by molar-refractivity contribution is 0.132. The molecule has 0 atom stereocenters. The van der Waals surface area contributed by atoms with Crippen LogP contribution in [0.1, 0.15) is 23.6 Å². The van der Waals surface area contributed by atoms with E-state index >= 15 is 0 Å². The molecule has 3 N–H and O–H groups in total. The number of piperazine rings is 1. The lowest BCUT2D eigenvalue weighted by Crippen LogP contribution is -2.45. The van der Waals surface area contributed by atoms with Gasteiger partial charge >= 0.3 is 0 Å². The van der Waals surface area contributed by atoms with Crippen molar-refractivity contribution in [2.45, 2.75) is 13.5 Å².